The molecule has 0 spiro atoms. The number of nitroso groups, excluding NO2 is 1. The summed E-state index contributed by atoms with van der Waals surface area (Å²) in [6, 6.07) is 0. The first kappa shape index (κ1) is 59.7. The van der Waals surface area contributed by atoms with Crippen LogP contribution in [0.25, 0.3) is 0 Å². The number of aliphatic hydroxyl groups excluding tert-OH is 1. The van der Waals surface area contributed by atoms with E-state index >= 15 is 0 Å². The Morgan fingerprint density at radius 3 is 1.63 bits per heavy atom. The Kier molecular flexibility index (Phi) is 18.3. The molecule has 8 rings (SSSR count). The summed E-state index contributed by atoms with van der Waals surface area (Å²) in [5.41, 5.74) is -6.17. The minimum atomic E-state index is -1.99. The van der Waals surface area contributed by atoms with Crippen LogP contribution in [-0.4, -0.2) is 183 Å². The number of nitrogens with zero attached hydrogens (tertiary/aromatic N) is 1. The van der Waals surface area contributed by atoms with Gasteiger partial charge in [-0.2, -0.15) is 0 Å². The number of fused-ring (bicyclic) bond motifs is 5. The lowest BCUT2D eigenvalue weighted by molar-refractivity contribution is -0.347. The predicted octanol–water partition coefficient (Wildman–Crippen LogP) is 5.90. The van der Waals surface area contributed by atoms with E-state index in [0.717, 1.165) is 11.1 Å². The van der Waals surface area contributed by atoms with Crippen molar-refractivity contribution in [2.75, 3.05) is 28.4 Å². The Balaban J connectivity index is 0.884. The lowest BCUT2D eigenvalue weighted by Gasteiger charge is -2.66. The maximum atomic E-state index is 13.6. The molecule has 4 heterocycles. The summed E-state index contributed by atoms with van der Waals surface area (Å²) >= 11 is 0. The van der Waals surface area contributed by atoms with E-state index in [1.807, 2.05) is 47.6 Å². The molecule has 0 aromatic rings. The molecule has 24 unspecified atom stereocenters. The highest BCUT2D eigenvalue weighted by Crippen LogP contribution is 2.71. The van der Waals surface area contributed by atoms with Gasteiger partial charge in [-0.1, -0.05) is 50.1 Å². The van der Waals surface area contributed by atoms with Crippen LogP contribution in [0, 0.1) is 27.6 Å². The zero-order valence-corrected chi connectivity index (χ0v) is 47.3. The maximum Gasteiger partial charge on any atom is 0.330 e. The van der Waals surface area contributed by atoms with E-state index in [4.69, 9.17) is 61.6 Å². The average molecular weight is 1080 g/mol. The van der Waals surface area contributed by atoms with Crippen LogP contribution in [0.15, 0.2) is 28.5 Å². The van der Waals surface area contributed by atoms with Gasteiger partial charge in [0.15, 0.2) is 36.5 Å². The number of methoxy groups -OCH3 is 4. The van der Waals surface area contributed by atoms with Crippen LogP contribution in [0.1, 0.15) is 140 Å². The number of rotatable bonds is 17. The van der Waals surface area contributed by atoms with Crippen LogP contribution in [0.2, 0.25) is 0 Å². The van der Waals surface area contributed by atoms with Gasteiger partial charge in [-0.25, -0.2) is 4.79 Å². The first-order valence-electron chi connectivity index (χ1n) is 27.8. The van der Waals surface area contributed by atoms with Crippen LogP contribution >= 0.6 is 0 Å². The molecule has 0 aromatic carbocycles. The van der Waals surface area contributed by atoms with Gasteiger partial charge in [-0.15, -0.1) is 4.91 Å². The standard InChI is InChI=1S/C56H89NO19/c1-28(2)29(3)21-43(59)73-42-27-41-52(9)17-16-36(22-35(52)15-18-55(41,61)56(62)20-19-54(57-63,34(8)58)53(42,56)10)72-44-24-38(65-12)49(31(5)69-44)75-46-26-40(67-14)51(33(7)71-46)76-47-25-39(66-13)50(32(6)70-47)74-45-23-37(64-11)48(60)30(4)68-45/h15,21,28,30-33,36-42,44-51,60-62H,16-20,22-27H2,1-14H3. The minimum absolute atomic E-state index is 0.0669. The average Bonchev–Trinajstić information content (AvgIpc) is 3.89. The first-order chi connectivity index (χ1) is 35.9. The molecular weight excluding hydrogens is 991 g/mol. The second-order valence-electron chi connectivity index (χ2n) is 24.0. The number of aliphatic hydroxyl groups is 3. The number of carbonyl (C=O) groups excluding carboxylic acids is 2. The summed E-state index contributed by atoms with van der Waals surface area (Å²) in [7, 11) is 6.47. The number of hydrogen-bond donors (Lipinski definition) is 3. The molecule has 24 atom stereocenters. The number of allylic oxidation sites excluding steroid dienone is 1. The van der Waals surface area contributed by atoms with Crippen LogP contribution in [0.4, 0.5) is 0 Å². The fourth-order valence-corrected chi connectivity index (χ4v) is 14.8. The Bertz CT molecular complexity index is 2130. The molecule has 0 radical (unpaired) electrons. The predicted molar refractivity (Wildman–Crippen MR) is 272 cm³/mol. The van der Waals surface area contributed by atoms with Crippen molar-refractivity contribution in [1.29, 1.82) is 0 Å². The van der Waals surface area contributed by atoms with Crippen molar-refractivity contribution in [2.24, 2.45) is 27.8 Å². The Morgan fingerprint density at radius 1 is 0.697 bits per heavy atom. The van der Waals surface area contributed by atoms with Gasteiger partial charge in [0.05, 0.1) is 60.4 Å². The summed E-state index contributed by atoms with van der Waals surface area (Å²) in [5.74, 6) is -1.69. The maximum absolute atomic E-state index is 13.6. The SMILES string of the molecule is COC1CC(OC2C(C)OC(OC3C(C)OC(OC4C(C)OC(OC5CCC6(C)C(=CCC7(O)C6CC(OC(=O)C=C(C)C(C)C)C6(C)C(N=O)(C(C)=O)CCC76O)C5)CC4OC)CC3OC)CC2OC)OC(C)C1O. The van der Waals surface area contributed by atoms with Gasteiger partial charge in [-0.3, -0.25) is 4.79 Å². The number of Topliss-reactive ketones (excluding diaryl/α,β-unsaturated/α-hetero) is 1. The topological polar surface area (TPSA) is 244 Å². The Labute approximate surface area is 448 Å². The van der Waals surface area contributed by atoms with Crippen LogP contribution in [0.3, 0.4) is 0 Å². The lowest BCUT2D eigenvalue weighted by atomic mass is 9.42. The number of hydrogen-bond acceptors (Lipinski definition) is 20. The number of ketones is 1. The quantitative estimate of drug-likeness (QED) is 0.0664. The van der Waals surface area contributed by atoms with Crippen molar-refractivity contribution in [3.63, 3.8) is 0 Å². The molecule has 20 nitrogen and oxygen atoms in total. The lowest BCUT2D eigenvalue weighted by Crippen LogP contribution is -2.78. The van der Waals surface area contributed by atoms with Crippen LogP contribution in [0.5, 0.6) is 0 Å². The third kappa shape index (κ3) is 10.5. The smallest absolute Gasteiger partial charge is 0.330 e. The highest BCUT2D eigenvalue weighted by Gasteiger charge is 2.82. The van der Waals surface area contributed by atoms with Crippen molar-refractivity contribution in [2.45, 2.75) is 267 Å². The van der Waals surface area contributed by atoms with Crippen LogP contribution < -0.4 is 0 Å². The number of ether oxygens (including phenoxy) is 13. The highest BCUT2D eigenvalue weighted by atomic mass is 16.8. The molecule has 4 saturated heterocycles. The van der Waals surface area contributed by atoms with Gasteiger partial charge in [0.1, 0.15) is 41.7 Å². The molecule has 20 heteroatoms. The van der Waals surface area contributed by atoms with Crippen LogP contribution in [-0.2, 0) is 71.2 Å². The van der Waals surface area contributed by atoms with Crippen molar-refractivity contribution in [1.82, 2.24) is 0 Å². The molecule has 3 N–H and O–H groups in total. The molecule has 8 aliphatic rings. The number of esters is 1. The number of carbonyl (C=O) groups is 2. The zero-order chi connectivity index (χ0) is 55.4. The summed E-state index contributed by atoms with van der Waals surface area (Å²) in [6.45, 7) is 18.3. The Hall–Kier alpha value is -2.38. The van der Waals surface area contributed by atoms with E-state index in [2.05, 4.69) is 12.1 Å². The van der Waals surface area contributed by atoms with E-state index in [1.54, 1.807) is 42.3 Å². The molecular formula is C56H89NO19. The third-order valence-electron chi connectivity index (χ3n) is 19.8. The van der Waals surface area contributed by atoms with E-state index in [0.29, 0.717) is 44.9 Å². The molecule has 0 aromatic heterocycles. The van der Waals surface area contributed by atoms with E-state index in [9.17, 15) is 29.8 Å². The molecule has 7 fully saturated rings. The molecule has 432 valence electrons. The van der Waals surface area contributed by atoms with E-state index < -0.39 is 144 Å². The zero-order valence-electron chi connectivity index (χ0n) is 47.3. The van der Waals surface area contributed by atoms with Crippen molar-refractivity contribution in [3.05, 3.63) is 28.2 Å². The Morgan fingerprint density at radius 2 is 1.17 bits per heavy atom. The van der Waals surface area contributed by atoms with Gasteiger partial charge >= 0.3 is 5.97 Å². The summed E-state index contributed by atoms with van der Waals surface area (Å²) < 4.78 is 81.6. The van der Waals surface area contributed by atoms with Gasteiger partial charge < -0.3 is 76.9 Å². The molecule has 4 aliphatic carbocycles. The van der Waals surface area contributed by atoms with E-state index in [1.165, 1.54) is 13.0 Å². The molecule has 76 heavy (non-hydrogen) atoms. The molecule has 0 bridgehead atoms. The third-order valence-corrected chi connectivity index (χ3v) is 19.8. The minimum Gasteiger partial charge on any atom is -0.458 e. The highest BCUT2D eigenvalue weighted by molar-refractivity contribution is 5.89. The van der Waals surface area contributed by atoms with Crippen molar-refractivity contribution >= 4 is 11.8 Å². The fraction of sp³-hybridized carbons (Fsp3) is 0.893. The monoisotopic (exact) mass is 1080 g/mol. The van der Waals surface area contributed by atoms with Gasteiger partial charge in [0.25, 0.3) is 0 Å². The van der Waals surface area contributed by atoms with Gasteiger partial charge in [0, 0.05) is 66.1 Å². The summed E-state index contributed by atoms with van der Waals surface area (Å²) in [5, 5.41) is 39.9. The largest absolute Gasteiger partial charge is 0.458 e. The normalized spacial score (nSPS) is 48.8. The molecule has 3 saturated carbocycles. The summed E-state index contributed by atoms with van der Waals surface area (Å²) in [6.07, 6.45) is -2.86. The summed E-state index contributed by atoms with van der Waals surface area (Å²) in [4.78, 5) is 40.0. The van der Waals surface area contributed by atoms with Crippen molar-refractivity contribution in [3.8, 4) is 0 Å². The second kappa shape index (κ2) is 23.2. The molecule has 4 aliphatic heterocycles. The van der Waals surface area contributed by atoms with E-state index in [-0.39, 0.29) is 43.8 Å². The van der Waals surface area contributed by atoms with Gasteiger partial charge in [-0.05, 0) is 97.8 Å². The fourth-order valence-electron chi connectivity index (χ4n) is 14.8. The van der Waals surface area contributed by atoms with Crippen molar-refractivity contribution < 1.29 is 86.5 Å². The second-order valence-corrected chi connectivity index (χ2v) is 24.0. The van der Waals surface area contributed by atoms with Gasteiger partial charge in [0.2, 0.25) is 0 Å². The molecule has 0 amide bonds. The first-order valence-corrected chi connectivity index (χ1v) is 27.8.